The van der Waals surface area contributed by atoms with Crippen molar-refractivity contribution in [3.05, 3.63) is 33.8 Å². The summed E-state index contributed by atoms with van der Waals surface area (Å²) < 4.78 is 0. The maximum atomic E-state index is 11.5. The molecule has 1 saturated carbocycles. The smallest absolute Gasteiger partial charge is 0.140 e. The zero-order valence-electron chi connectivity index (χ0n) is 7.59. The summed E-state index contributed by atoms with van der Waals surface area (Å²) in [6.45, 7) is 0. The number of Topliss-reactive ketones (excluding diaryl/α,β-unsaturated/α-hetero) is 1. The van der Waals surface area contributed by atoms with Gasteiger partial charge in [0.25, 0.3) is 0 Å². The first kappa shape index (κ1) is 10.0. The first-order chi connectivity index (χ1) is 6.70. The van der Waals surface area contributed by atoms with Gasteiger partial charge in [0.05, 0.1) is 10.0 Å². The van der Waals surface area contributed by atoms with Gasteiger partial charge < -0.3 is 0 Å². The first-order valence-corrected chi connectivity index (χ1v) is 5.42. The largest absolute Gasteiger partial charge is 0.299 e. The zero-order valence-corrected chi connectivity index (χ0v) is 9.11. The molecule has 2 rings (SSSR count). The van der Waals surface area contributed by atoms with Gasteiger partial charge in [-0.2, -0.15) is 0 Å². The Labute approximate surface area is 93.0 Å². The van der Waals surface area contributed by atoms with Crippen molar-refractivity contribution < 1.29 is 4.79 Å². The summed E-state index contributed by atoms with van der Waals surface area (Å²) >= 11 is 12.0. The van der Waals surface area contributed by atoms with Crippen molar-refractivity contribution in [3.8, 4) is 0 Å². The van der Waals surface area contributed by atoms with Crippen molar-refractivity contribution >= 4 is 29.0 Å². The third-order valence-corrected chi connectivity index (χ3v) is 3.50. The molecule has 1 aliphatic carbocycles. The Morgan fingerprint density at radius 1 is 1.29 bits per heavy atom. The third-order valence-electron chi connectivity index (χ3n) is 2.66. The molecule has 1 atom stereocenters. The van der Waals surface area contributed by atoms with Gasteiger partial charge >= 0.3 is 0 Å². The van der Waals surface area contributed by atoms with Crippen LogP contribution in [0.15, 0.2) is 18.2 Å². The Hall–Kier alpha value is -0.530. The van der Waals surface area contributed by atoms with Crippen LogP contribution in [0, 0.1) is 0 Å². The summed E-state index contributed by atoms with van der Waals surface area (Å²) in [6.07, 6.45) is 2.54. The molecule has 0 saturated heterocycles. The molecule has 1 nitrogen and oxygen atoms in total. The van der Waals surface area contributed by atoms with Crippen LogP contribution in [0.25, 0.3) is 0 Å². The number of rotatable bonds is 1. The van der Waals surface area contributed by atoms with Gasteiger partial charge in [-0.15, -0.1) is 0 Å². The lowest BCUT2D eigenvalue weighted by Gasteiger charge is -2.10. The van der Waals surface area contributed by atoms with Crippen LogP contribution in [-0.2, 0) is 4.79 Å². The molecule has 0 aromatic heterocycles. The molecule has 0 spiro atoms. The van der Waals surface area contributed by atoms with E-state index in [-0.39, 0.29) is 11.7 Å². The van der Waals surface area contributed by atoms with Crippen molar-refractivity contribution in [3.63, 3.8) is 0 Å². The highest BCUT2D eigenvalue weighted by Gasteiger charge is 2.27. The van der Waals surface area contributed by atoms with Crippen LogP contribution < -0.4 is 0 Å². The zero-order chi connectivity index (χ0) is 10.1. The molecule has 0 heterocycles. The summed E-state index contributed by atoms with van der Waals surface area (Å²) in [6, 6.07) is 5.48. The van der Waals surface area contributed by atoms with E-state index < -0.39 is 0 Å². The molecule has 1 aromatic carbocycles. The van der Waals surface area contributed by atoms with E-state index in [1.807, 2.05) is 12.1 Å². The average Bonchev–Trinajstić information content (AvgIpc) is 2.57. The summed E-state index contributed by atoms with van der Waals surface area (Å²) in [7, 11) is 0. The summed E-state index contributed by atoms with van der Waals surface area (Å²) in [5.41, 5.74) is 0.890. The molecule has 1 aliphatic rings. The maximum absolute atomic E-state index is 11.5. The second-order valence-electron chi connectivity index (χ2n) is 3.55. The number of ketones is 1. The Morgan fingerprint density at radius 2 is 2.07 bits per heavy atom. The molecule has 1 aromatic rings. The van der Waals surface area contributed by atoms with Crippen LogP contribution in [0.1, 0.15) is 30.7 Å². The molecule has 14 heavy (non-hydrogen) atoms. The van der Waals surface area contributed by atoms with Crippen LogP contribution in [0.5, 0.6) is 0 Å². The van der Waals surface area contributed by atoms with Gasteiger partial charge in [0.1, 0.15) is 5.78 Å². The topological polar surface area (TPSA) is 17.1 Å². The van der Waals surface area contributed by atoms with Crippen molar-refractivity contribution in [2.45, 2.75) is 25.2 Å². The van der Waals surface area contributed by atoms with Crippen molar-refractivity contribution in [1.29, 1.82) is 0 Å². The molecule has 1 unspecified atom stereocenters. The molecular formula is C11H10Cl2O. The molecule has 1 fully saturated rings. The first-order valence-electron chi connectivity index (χ1n) is 4.67. The predicted molar refractivity (Wildman–Crippen MR) is 58.1 cm³/mol. The second kappa shape index (κ2) is 3.92. The van der Waals surface area contributed by atoms with Gasteiger partial charge in [-0.1, -0.05) is 35.3 Å². The normalized spacial score (nSPS) is 21.6. The fourth-order valence-corrected chi connectivity index (χ4v) is 2.37. The van der Waals surface area contributed by atoms with Gasteiger partial charge in [0.15, 0.2) is 0 Å². The Bertz CT molecular complexity index is 374. The summed E-state index contributed by atoms with van der Waals surface area (Å²) in [4.78, 5) is 11.5. The van der Waals surface area contributed by atoms with Crippen LogP contribution in [0.4, 0.5) is 0 Å². The quantitative estimate of drug-likeness (QED) is 0.715. The lowest BCUT2D eigenvalue weighted by Crippen LogP contribution is -2.04. The van der Waals surface area contributed by atoms with E-state index in [1.165, 1.54) is 0 Å². The average molecular weight is 229 g/mol. The highest BCUT2D eigenvalue weighted by molar-refractivity contribution is 6.42. The fourth-order valence-electron chi connectivity index (χ4n) is 1.93. The van der Waals surface area contributed by atoms with Crippen LogP contribution >= 0.6 is 23.2 Å². The minimum Gasteiger partial charge on any atom is -0.299 e. The van der Waals surface area contributed by atoms with E-state index in [0.717, 1.165) is 18.4 Å². The number of carbonyl (C=O) groups excluding carboxylic acids is 1. The van der Waals surface area contributed by atoms with E-state index in [0.29, 0.717) is 16.5 Å². The number of carbonyl (C=O) groups is 1. The van der Waals surface area contributed by atoms with Crippen molar-refractivity contribution in [1.82, 2.24) is 0 Å². The fraction of sp³-hybridized carbons (Fsp3) is 0.364. The summed E-state index contributed by atoms with van der Waals surface area (Å²) in [5, 5.41) is 1.07. The molecule has 0 N–H and O–H groups in total. The van der Waals surface area contributed by atoms with Gasteiger partial charge in [-0.25, -0.2) is 0 Å². The Morgan fingerprint density at radius 3 is 2.71 bits per heavy atom. The van der Waals surface area contributed by atoms with E-state index in [9.17, 15) is 4.79 Å². The highest BCUT2D eigenvalue weighted by Crippen LogP contribution is 2.37. The van der Waals surface area contributed by atoms with Gasteiger partial charge in [-0.05, 0) is 24.5 Å². The van der Waals surface area contributed by atoms with Gasteiger partial charge in [0.2, 0.25) is 0 Å². The minimum atomic E-state index is -0.0267. The lowest BCUT2D eigenvalue weighted by molar-refractivity contribution is -0.118. The molecule has 74 valence electrons. The predicted octanol–water partition coefficient (Wildman–Crippen LogP) is 3.83. The van der Waals surface area contributed by atoms with Crippen LogP contribution in [0.3, 0.4) is 0 Å². The number of halogens is 2. The molecule has 0 radical (unpaired) electrons. The summed E-state index contributed by atoms with van der Waals surface area (Å²) in [5.74, 6) is 0.260. The van der Waals surface area contributed by atoms with Crippen molar-refractivity contribution in [2.75, 3.05) is 0 Å². The maximum Gasteiger partial charge on any atom is 0.140 e. The number of benzene rings is 1. The molecule has 0 aliphatic heterocycles. The number of hydrogen-bond donors (Lipinski definition) is 0. The van der Waals surface area contributed by atoms with E-state index >= 15 is 0 Å². The standard InChI is InChI=1S/C11H10Cl2O/c12-9-5-1-4-8(11(9)13)7-3-2-6-10(7)14/h1,4-5,7H,2-3,6H2. The monoisotopic (exact) mass is 228 g/mol. The molecular weight excluding hydrogens is 219 g/mol. The van der Waals surface area contributed by atoms with E-state index in [1.54, 1.807) is 6.07 Å². The lowest BCUT2D eigenvalue weighted by atomic mass is 9.97. The molecule has 0 amide bonds. The van der Waals surface area contributed by atoms with Gasteiger partial charge in [-0.3, -0.25) is 4.79 Å². The SMILES string of the molecule is O=C1CCCC1c1cccc(Cl)c1Cl. The Kier molecular flexibility index (Phi) is 2.80. The van der Waals surface area contributed by atoms with Crippen LogP contribution in [-0.4, -0.2) is 5.78 Å². The van der Waals surface area contributed by atoms with E-state index in [4.69, 9.17) is 23.2 Å². The number of hydrogen-bond acceptors (Lipinski definition) is 1. The van der Waals surface area contributed by atoms with Crippen LogP contribution in [0.2, 0.25) is 10.0 Å². The Balaban J connectivity index is 2.41. The third kappa shape index (κ3) is 1.67. The second-order valence-corrected chi connectivity index (χ2v) is 4.34. The highest BCUT2D eigenvalue weighted by atomic mass is 35.5. The van der Waals surface area contributed by atoms with Crippen molar-refractivity contribution in [2.24, 2.45) is 0 Å². The van der Waals surface area contributed by atoms with E-state index in [2.05, 4.69) is 0 Å². The molecule has 3 heteroatoms. The van der Waals surface area contributed by atoms with Gasteiger partial charge in [0, 0.05) is 12.3 Å². The molecule has 0 bridgehead atoms. The minimum absolute atomic E-state index is 0.0267.